The van der Waals surface area contributed by atoms with Crippen molar-refractivity contribution >= 4 is 23.5 Å². The van der Waals surface area contributed by atoms with Gasteiger partial charge in [0.1, 0.15) is 5.38 Å². The first-order valence-corrected chi connectivity index (χ1v) is 5.73. The Morgan fingerprint density at radius 3 is 2.73 bits per heavy atom. The fourth-order valence-electron chi connectivity index (χ4n) is 1.53. The number of alkyl halides is 1. The molecule has 1 saturated carbocycles. The molecule has 0 spiro atoms. The van der Waals surface area contributed by atoms with Crippen LogP contribution in [0, 0.1) is 5.92 Å². The Morgan fingerprint density at radius 2 is 2.20 bits per heavy atom. The average Bonchev–Trinajstić information content (AvgIpc) is 2.83. The van der Waals surface area contributed by atoms with Gasteiger partial charge in [-0.25, -0.2) is 4.79 Å². The predicted octanol–water partition coefficient (Wildman–Crippen LogP) is 1.63. The summed E-state index contributed by atoms with van der Waals surface area (Å²) in [4.78, 5) is 22.3. The molecule has 0 bridgehead atoms. The fourth-order valence-corrected chi connectivity index (χ4v) is 1.58. The first kappa shape index (κ1) is 12.3. The molecule has 0 saturated heterocycles. The van der Waals surface area contributed by atoms with Crippen LogP contribution in [0.2, 0.25) is 0 Å². The second-order valence-corrected chi connectivity index (χ2v) is 4.62. The Morgan fingerprint density at radius 1 is 1.53 bits per heavy atom. The smallest absolute Gasteiger partial charge is 0.321 e. The van der Waals surface area contributed by atoms with Gasteiger partial charge in [-0.3, -0.25) is 10.1 Å². The second kappa shape index (κ2) is 5.35. The molecule has 3 atom stereocenters. The molecule has 2 N–H and O–H groups in total. The number of imide groups is 1. The summed E-state index contributed by atoms with van der Waals surface area (Å²) in [5.41, 5.74) is 0. The van der Waals surface area contributed by atoms with E-state index in [-0.39, 0.29) is 6.04 Å². The van der Waals surface area contributed by atoms with E-state index >= 15 is 0 Å². The van der Waals surface area contributed by atoms with Gasteiger partial charge < -0.3 is 5.32 Å². The summed E-state index contributed by atoms with van der Waals surface area (Å²) in [7, 11) is 0. The lowest BCUT2D eigenvalue weighted by Gasteiger charge is -2.06. The van der Waals surface area contributed by atoms with Crippen molar-refractivity contribution in [3.05, 3.63) is 0 Å². The first-order chi connectivity index (χ1) is 7.04. The molecule has 86 valence electrons. The van der Waals surface area contributed by atoms with Crippen molar-refractivity contribution in [2.75, 3.05) is 0 Å². The molecule has 0 aromatic carbocycles. The van der Waals surface area contributed by atoms with E-state index in [4.69, 9.17) is 11.6 Å². The van der Waals surface area contributed by atoms with Crippen LogP contribution in [0.3, 0.4) is 0 Å². The molecule has 3 amide bonds. The third-order valence-electron chi connectivity index (χ3n) is 2.50. The molecule has 1 aliphatic rings. The number of hydrogen-bond acceptors (Lipinski definition) is 2. The van der Waals surface area contributed by atoms with E-state index in [1.54, 1.807) is 0 Å². The monoisotopic (exact) mass is 232 g/mol. The van der Waals surface area contributed by atoms with E-state index in [1.165, 1.54) is 6.92 Å². The lowest BCUT2D eigenvalue weighted by molar-refractivity contribution is -0.119. The molecule has 4 nitrogen and oxygen atoms in total. The molecule has 0 aromatic rings. The normalized spacial score (nSPS) is 25.5. The van der Waals surface area contributed by atoms with Gasteiger partial charge >= 0.3 is 6.03 Å². The quantitative estimate of drug-likeness (QED) is 0.724. The number of rotatable bonds is 4. The lowest BCUT2D eigenvalue weighted by atomic mass is 10.2. The maximum atomic E-state index is 11.3. The lowest BCUT2D eigenvalue weighted by Crippen LogP contribution is -2.43. The fraction of sp³-hybridized carbons (Fsp3) is 0.800. The molecular weight excluding hydrogens is 216 g/mol. The number of nitrogens with one attached hydrogen (secondary N) is 2. The molecule has 0 radical (unpaired) electrons. The molecule has 0 aromatic heterocycles. The minimum Gasteiger partial charge on any atom is -0.335 e. The van der Waals surface area contributed by atoms with Gasteiger partial charge in [0.2, 0.25) is 5.91 Å². The second-order valence-electron chi connectivity index (χ2n) is 3.97. The number of urea groups is 1. The van der Waals surface area contributed by atoms with Crippen LogP contribution in [0.25, 0.3) is 0 Å². The van der Waals surface area contributed by atoms with Crippen LogP contribution in [0.1, 0.15) is 33.1 Å². The minimum atomic E-state index is -0.679. The van der Waals surface area contributed by atoms with Crippen LogP contribution in [0.5, 0.6) is 0 Å². The maximum absolute atomic E-state index is 11.3. The third-order valence-corrected chi connectivity index (χ3v) is 2.69. The Labute approximate surface area is 94.7 Å². The van der Waals surface area contributed by atoms with Gasteiger partial charge in [0, 0.05) is 6.04 Å². The van der Waals surface area contributed by atoms with Crippen LogP contribution >= 0.6 is 11.6 Å². The molecule has 1 fully saturated rings. The van der Waals surface area contributed by atoms with E-state index in [2.05, 4.69) is 17.6 Å². The summed E-state index contributed by atoms with van der Waals surface area (Å²) >= 11 is 5.51. The van der Waals surface area contributed by atoms with Gasteiger partial charge in [0.15, 0.2) is 0 Å². The molecule has 1 rings (SSSR count). The number of amides is 3. The molecular formula is C10H17ClN2O2. The SMILES string of the molecule is CCCC1CC1NC(=O)NC(=O)C(C)Cl. The Kier molecular flexibility index (Phi) is 4.39. The molecule has 3 unspecified atom stereocenters. The Balaban J connectivity index is 2.18. The van der Waals surface area contributed by atoms with Crippen LogP contribution in [-0.2, 0) is 4.79 Å². The Bertz CT molecular complexity index is 256. The van der Waals surface area contributed by atoms with Gasteiger partial charge in [0.25, 0.3) is 0 Å². The van der Waals surface area contributed by atoms with Crippen molar-refractivity contribution in [3.63, 3.8) is 0 Å². The highest BCUT2D eigenvalue weighted by molar-refractivity contribution is 6.31. The zero-order chi connectivity index (χ0) is 11.4. The van der Waals surface area contributed by atoms with E-state index in [0.29, 0.717) is 5.92 Å². The van der Waals surface area contributed by atoms with E-state index in [0.717, 1.165) is 19.3 Å². The molecule has 0 aliphatic heterocycles. The summed E-state index contributed by atoms with van der Waals surface area (Å²) in [6.07, 6.45) is 3.28. The third kappa shape index (κ3) is 4.08. The van der Waals surface area contributed by atoms with Crippen molar-refractivity contribution in [3.8, 4) is 0 Å². The predicted molar refractivity (Wildman–Crippen MR) is 58.8 cm³/mol. The summed E-state index contributed by atoms with van der Waals surface area (Å²) in [5.74, 6) is 0.131. The topological polar surface area (TPSA) is 58.2 Å². The molecule has 15 heavy (non-hydrogen) atoms. The van der Waals surface area contributed by atoms with Crippen LogP contribution in [0.4, 0.5) is 4.79 Å². The van der Waals surface area contributed by atoms with Crippen molar-refractivity contribution in [1.29, 1.82) is 0 Å². The van der Waals surface area contributed by atoms with Crippen molar-refractivity contribution in [2.24, 2.45) is 5.92 Å². The zero-order valence-corrected chi connectivity index (χ0v) is 9.80. The number of hydrogen-bond donors (Lipinski definition) is 2. The van der Waals surface area contributed by atoms with Gasteiger partial charge in [0.05, 0.1) is 0 Å². The van der Waals surface area contributed by atoms with Crippen molar-refractivity contribution in [2.45, 2.75) is 44.5 Å². The molecule has 1 aliphatic carbocycles. The highest BCUT2D eigenvalue weighted by atomic mass is 35.5. The van der Waals surface area contributed by atoms with Crippen LogP contribution in [0.15, 0.2) is 0 Å². The van der Waals surface area contributed by atoms with E-state index in [9.17, 15) is 9.59 Å². The van der Waals surface area contributed by atoms with Crippen molar-refractivity contribution < 1.29 is 9.59 Å². The highest BCUT2D eigenvalue weighted by Gasteiger charge is 2.37. The molecule has 0 heterocycles. The van der Waals surface area contributed by atoms with E-state index in [1.807, 2.05) is 0 Å². The summed E-state index contributed by atoms with van der Waals surface area (Å²) in [6, 6.07) is -0.195. The zero-order valence-electron chi connectivity index (χ0n) is 9.05. The van der Waals surface area contributed by atoms with E-state index < -0.39 is 17.3 Å². The molecule has 5 heteroatoms. The number of carbonyl (C=O) groups excluding carboxylic acids is 2. The van der Waals surface area contributed by atoms with Gasteiger partial charge in [-0.15, -0.1) is 11.6 Å². The van der Waals surface area contributed by atoms with Gasteiger partial charge in [-0.05, 0) is 25.7 Å². The first-order valence-electron chi connectivity index (χ1n) is 5.30. The number of carbonyl (C=O) groups is 2. The average molecular weight is 233 g/mol. The summed E-state index contributed by atoms with van der Waals surface area (Å²) < 4.78 is 0. The highest BCUT2D eigenvalue weighted by Crippen LogP contribution is 2.34. The van der Waals surface area contributed by atoms with Gasteiger partial charge in [-0.1, -0.05) is 13.3 Å². The standard InChI is InChI=1S/C10H17ClN2O2/c1-3-4-7-5-8(7)12-10(15)13-9(14)6(2)11/h6-8H,3-5H2,1-2H3,(H2,12,13,14,15). The largest absolute Gasteiger partial charge is 0.335 e. The number of halogens is 1. The van der Waals surface area contributed by atoms with Crippen LogP contribution in [-0.4, -0.2) is 23.4 Å². The Hall–Kier alpha value is -0.770. The van der Waals surface area contributed by atoms with Crippen LogP contribution < -0.4 is 10.6 Å². The summed E-state index contributed by atoms with van der Waals surface area (Å²) in [5, 5.41) is 4.26. The minimum absolute atomic E-state index is 0.239. The maximum Gasteiger partial charge on any atom is 0.321 e. The van der Waals surface area contributed by atoms with Gasteiger partial charge in [-0.2, -0.15) is 0 Å². The van der Waals surface area contributed by atoms with Crippen molar-refractivity contribution in [1.82, 2.24) is 10.6 Å². The summed E-state index contributed by atoms with van der Waals surface area (Å²) in [6.45, 7) is 3.65.